The third-order valence-electron chi connectivity index (χ3n) is 2.62. The third kappa shape index (κ3) is 2.51. The van der Waals surface area contributed by atoms with Crippen molar-refractivity contribution in [3.63, 3.8) is 0 Å². The number of carbonyl (C=O) groups excluding carboxylic acids is 2. The lowest BCUT2D eigenvalue weighted by molar-refractivity contribution is -0.113. The number of benzene rings is 2. The molecule has 0 amide bonds. The van der Waals surface area contributed by atoms with Crippen LogP contribution in [-0.4, -0.2) is 11.6 Å². The summed E-state index contributed by atoms with van der Waals surface area (Å²) in [4.78, 5) is 22.6. The molecule has 0 radical (unpaired) electrons. The van der Waals surface area contributed by atoms with E-state index in [-0.39, 0.29) is 5.82 Å². The summed E-state index contributed by atoms with van der Waals surface area (Å²) in [5.41, 5.74) is 1.93. The standard InChI is InChI=1S/C15H11FO2/c1-10(17)15(18)13-4-2-3-12(9-13)11-5-7-14(16)8-6-11/h2-9H,1H3. The molecule has 0 aliphatic carbocycles. The van der Waals surface area contributed by atoms with E-state index < -0.39 is 11.6 Å². The van der Waals surface area contributed by atoms with Crippen LogP contribution in [0.3, 0.4) is 0 Å². The smallest absolute Gasteiger partial charge is 0.228 e. The van der Waals surface area contributed by atoms with E-state index in [1.165, 1.54) is 19.1 Å². The lowest BCUT2D eigenvalue weighted by Crippen LogP contribution is -2.09. The first-order chi connectivity index (χ1) is 8.58. The van der Waals surface area contributed by atoms with Crippen molar-refractivity contribution in [3.05, 3.63) is 59.9 Å². The van der Waals surface area contributed by atoms with Gasteiger partial charge in [-0.2, -0.15) is 0 Å². The van der Waals surface area contributed by atoms with Crippen LogP contribution in [-0.2, 0) is 4.79 Å². The van der Waals surface area contributed by atoms with Gasteiger partial charge in [-0.25, -0.2) is 4.39 Å². The SMILES string of the molecule is CC(=O)C(=O)c1cccc(-c2ccc(F)cc2)c1. The first-order valence-electron chi connectivity index (χ1n) is 5.49. The van der Waals surface area contributed by atoms with E-state index in [1.54, 1.807) is 30.3 Å². The minimum absolute atomic E-state index is 0.310. The second kappa shape index (κ2) is 4.92. The van der Waals surface area contributed by atoms with Crippen molar-refractivity contribution in [2.45, 2.75) is 6.92 Å². The highest BCUT2D eigenvalue weighted by Gasteiger charge is 2.11. The summed E-state index contributed by atoms with van der Waals surface area (Å²) < 4.78 is 12.8. The monoisotopic (exact) mass is 242 g/mol. The van der Waals surface area contributed by atoms with Crippen LogP contribution in [0, 0.1) is 5.82 Å². The Morgan fingerprint density at radius 1 is 0.944 bits per heavy atom. The Labute approximate surface area is 104 Å². The minimum atomic E-state index is -0.515. The second-order valence-electron chi connectivity index (χ2n) is 3.97. The molecule has 0 unspecified atom stereocenters. The largest absolute Gasteiger partial charge is 0.291 e. The molecule has 0 aromatic heterocycles. The molecule has 0 atom stereocenters. The topological polar surface area (TPSA) is 34.1 Å². The van der Waals surface area contributed by atoms with Crippen LogP contribution in [0.25, 0.3) is 11.1 Å². The van der Waals surface area contributed by atoms with Gasteiger partial charge in [0.05, 0.1) is 0 Å². The van der Waals surface area contributed by atoms with E-state index >= 15 is 0 Å². The van der Waals surface area contributed by atoms with E-state index in [2.05, 4.69) is 0 Å². The molecule has 18 heavy (non-hydrogen) atoms. The van der Waals surface area contributed by atoms with Crippen LogP contribution >= 0.6 is 0 Å². The molecule has 0 fully saturated rings. The highest BCUT2D eigenvalue weighted by atomic mass is 19.1. The molecular formula is C15H11FO2. The Morgan fingerprint density at radius 3 is 2.22 bits per heavy atom. The van der Waals surface area contributed by atoms with Gasteiger partial charge in [0.1, 0.15) is 5.82 Å². The minimum Gasteiger partial charge on any atom is -0.291 e. The number of carbonyl (C=O) groups is 2. The maximum Gasteiger partial charge on any atom is 0.228 e. The molecule has 90 valence electrons. The van der Waals surface area contributed by atoms with Crippen molar-refractivity contribution >= 4 is 11.6 Å². The highest BCUT2D eigenvalue weighted by Crippen LogP contribution is 2.21. The summed E-state index contributed by atoms with van der Waals surface area (Å²) in [5, 5.41) is 0. The van der Waals surface area contributed by atoms with Crippen LogP contribution < -0.4 is 0 Å². The molecule has 0 saturated heterocycles. The first-order valence-corrected chi connectivity index (χ1v) is 5.49. The predicted octanol–water partition coefficient (Wildman–Crippen LogP) is 3.26. The third-order valence-corrected chi connectivity index (χ3v) is 2.62. The van der Waals surface area contributed by atoms with Gasteiger partial charge >= 0.3 is 0 Å². The van der Waals surface area contributed by atoms with Crippen molar-refractivity contribution in [3.8, 4) is 11.1 Å². The zero-order chi connectivity index (χ0) is 13.1. The molecule has 2 rings (SSSR count). The average Bonchev–Trinajstić information content (AvgIpc) is 2.38. The number of rotatable bonds is 3. The van der Waals surface area contributed by atoms with E-state index in [4.69, 9.17) is 0 Å². The molecule has 2 aromatic rings. The zero-order valence-corrected chi connectivity index (χ0v) is 9.81. The van der Waals surface area contributed by atoms with Gasteiger partial charge in [0.15, 0.2) is 5.78 Å². The Balaban J connectivity index is 2.41. The van der Waals surface area contributed by atoms with Crippen LogP contribution in [0.15, 0.2) is 48.5 Å². The van der Waals surface area contributed by atoms with Crippen LogP contribution in [0.5, 0.6) is 0 Å². The van der Waals surface area contributed by atoms with Crippen molar-refractivity contribution in [2.24, 2.45) is 0 Å². The van der Waals surface area contributed by atoms with Crippen LogP contribution in [0.4, 0.5) is 4.39 Å². The summed E-state index contributed by atoms with van der Waals surface area (Å²) in [6, 6.07) is 12.7. The van der Waals surface area contributed by atoms with Gasteiger partial charge < -0.3 is 0 Å². The van der Waals surface area contributed by atoms with Gasteiger partial charge in [0, 0.05) is 12.5 Å². The van der Waals surface area contributed by atoms with Crippen LogP contribution in [0.2, 0.25) is 0 Å². The summed E-state index contributed by atoms with van der Waals surface area (Å²) in [7, 11) is 0. The van der Waals surface area contributed by atoms with E-state index in [0.717, 1.165) is 11.1 Å². The summed E-state index contributed by atoms with van der Waals surface area (Å²) in [5.74, 6) is -1.32. The maximum atomic E-state index is 12.8. The average molecular weight is 242 g/mol. The fourth-order valence-corrected chi connectivity index (χ4v) is 1.69. The first kappa shape index (κ1) is 12.2. The molecule has 0 heterocycles. The second-order valence-corrected chi connectivity index (χ2v) is 3.97. The van der Waals surface area contributed by atoms with Gasteiger partial charge in [0.25, 0.3) is 0 Å². The number of Topliss-reactive ketones (excluding diaryl/α,β-unsaturated/α-hetero) is 2. The van der Waals surface area contributed by atoms with Gasteiger partial charge in [0.2, 0.25) is 5.78 Å². The fraction of sp³-hybridized carbons (Fsp3) is 0.0667. The number of hydrogen-bond donors (Lipinski definition) is 0. The van der Waals surface area contributed by atoms with Crippen molar-refractivity contribution in [2.75, 3.05) is 0 Å². The highest BCUT2D eigenvalue weighted by molar-refractivity contribution is 6.43. The number of halogens is 1. The quantitative estimate of drug-likeness (QED) is 0.611. The molecule has 0 bridgehead atoms. The van der Waals surface area contributed by atoms with Gasteiger partial charge in [-0.05, 0) is 29.3 Å². The lowest BCUT2D eigenvalue weighted by Gasteiger charge is -2.03. The molecule has 2 nitrogen and oxygen atoms in total. The summed E-state index contributed by atoms with van der Waals surface area (Å²) >= 11 is 0. The molecule has 0 aliphatic heterocycles. The molecule has 2 aromatic carbocycles. The van der Waals surface area contributed by atoms with Crippen molar-refractivity contribution in [1.82, 2.24) is 0 Å². The molecule has 0 N–H and O–H groups in total. The van der Waals surface area contributed by atoms with Gasteiger partial charge in [-0.3, -0.25) is 9.59 Å². The maximum absolute atomic E-state index is 12.8. The molecular weight excluding hydrogens is 231 g/mol. The normalized spacial score (nSPS) is 10.1. The van der Waals surface area contributed by atoms with Gasteiger partial charge in [-0.1, -0.05) is 30.3 Å². The number of ketones is 2. The Kier molecular flexibility index (Phi) is 3.33. The summed E-state index contributed by atoms with van der Waals surface area (Å²) in [6.45, 7) is 1.24. The number of hydrogen-bond acceptors (Lipinski definition) is 2. The summed E-state index contributed by atoms with van der Waals surface area (Å²) in [6.07, 6.45) is 0. The van der Waals surface area contributed by atoms with Gasteiger partial charge in [-0.15, -0.1) is 0 Å². The molecule has 3 heteroatoms. The van der Waals surface area contributed by atoms with E-state index in [9.17, 15) is 14.0 Å². The van der Waals surface area contributed by atoms with Crippen molar-refractivity contribution < 1.29 is 14.0 Å². The Morgan fingerprint density at radius 2 is 1.61 bits per heavy atom. The molecule has 0 aliphatic rings. The van der Waals surface area contributed by atoms with Crippen LogP contribution in [0.1, 0.15) is 17.3 Å². The van der Waals surface area contributed by atoms with E-state index in [1.807, 2.05) is 6.07 Å². The zero-order valence-electron chi connectivity index (χ0n) is 9.81. The lowest BCUT2D eigenvalue weighted by atomic mass is 10.0. The Hall–Kier alpha value is -2.29. The predicted molar refractivity (Wildman–Crippen MR) is 66.8 cm³/mol. The molecule has 0 spiro atoms. The van der Waals surface area contributed by atoms with Crippen molar-refractivity contribution in [1.29, 1.82) is 0 Å². The molecule has 0 saturated carbocycles. The fourth-order valence-electron chi connectivity index (χ4n) is 1.69. The van der Waals surface area contributed by atoms with E-state index in [0.29, 0.717) is 5.56 Å². The Bertz CT molecular complexity index is 600.